The molecular weight excluding hydrogens is 537 g/mol. The molecule has 1 unspecified atom stereocenters. The van der Waals surface area contributed by atoms with Crippen molar-refractivity contribution >= 4 is 35.2 Å². The summed E-state index contributed by atoms with van der Waals surface area (Å²) in [6.07, 6.45) is 0.259. The van der Waals surface area contributed by atoms with E-state index in [0.717, 1.165) is 18.6 Å². The van der Waals surface area contributed by atoms with Gasteiger partial charge in [0.2, 0.25) is 5.91 Å². The quantitative estimate of drug-likeness (QED) is 0.568. The van der Waals surface area contributed by atoms with Gasteiger partial charge < -0.3 is 24.8 Å². The van der Waals surface area contributed by atoms with E-state index in [2.05, 4.69) is 25.1 Å². The highest BCUT2D eigenvalue weighted by Crippen LogP contribution is 2.36. The third-order valence-electron chi connectivity index (χ3n) is 7.80. The average Bonchev–Trinajstić information content (AvgIpc) is 2.95. The molecule has 1 aromatic carbocycles. The summed E-state index contributed by atoms with van der Waals surface area (Å²) in [4.78, 5) is 39.2. The Balaban J connectivity index is 1.48. The number of benzene rings is 1. The molecule has 5 rings (SSSR count). The molecule has 0 spiro atoms. The number of rotatable bonds is 6. The molecule has 3 aliphatic heterocycles. The molecule has 0 saturated carbocycles. The maximum Gasteiger partial charge on any atom is 0.269 e. The van der Waals surface area contributed by atoms with E-state index in [0.29, 0.717) is 50.1 Å². The lowest BCUT2D eigenvalue weighted by molar-refractivity contribution is -0.117. The van der Waals surface area contributed by atoms with E-state index in [9.17, 15) is 18.4 Å². The number of carbonyl (C=O) groups is 2. The van der Waals surface area contributed by atoms with Gasteiger partial charge in [0.05, 0.1) is 24.1 Å². The average molecular weight is 571 g/mol. The third-order valence-corrected chi connectivity index (χ3v) is 7.80. The zero-order valence-corrected chi connectivity index (χ0v) is 23.2. The molecule has 2 aromatic rings. The first kappa shape index (κ1) is 28.7. The first-order chi connectivity index (χ1) is 19.6. The summed E-state index contributed by atoms with van der Waals surface area (Å²) in [5.41, 5.74) is 0.792. The van der Waals surface area contributed by atoms with Gasteiger partial charge in [-0.15, -0.1) is 0 Å². The molecule has 218 valence electrons. The second-order valence-corrected chi connectivity index (χ2v) is 10.7. The summed E-state index contributed by atoms with van der Waals surface area (Å²) in [5.74, 6) is -2.82. The number of dihydropyridines is 1. The van der Waals surface area contributed by atoms with Gasteiger partial charge in [-0.25, -0.2) is 23.1 Å². The van der Waals surface area contributed by atoms with Crippen LogP contribution in [0, 0.1) is 11.7 Å². The van der Waals surface area contributed by atoms with Gasteiger partial charge >= 0.3 is 0 Å². The normalized spacial score (nSPS) is 23.6. The van der Waals surface area contributed by atoms with Crippen LogP contribution in [0.15, 0.2) is 47.1 Å². The van der Waals surface area contributed by atoms with Crippen molar-refractivity contribution in [1.29, 1.82) is 0 Å². The van der Waals surface area contributed by atoms with Crippen LogP contribution >= 0.6 is 0 Å². The Morgan fingerprint density at radius 2 is 1.93 bits per heavy atom. The van der Waals surface area contributed by atoms with Gasteiger partial charge in [-0.3, -0.25) is 9.59 Å². The molecule has 0 radical (unpaired) electrons. The van der Waals surface area contributed by atoms with Crippen LogP contribution in [0.4, 0.5) is 30.4 Å². The summed E-state index contributed by atoms with van der Waals surface area (Å²) < 4.78 is 48.6. The Bertz CT molecular complexity index is 1370. The Hall–Kier alpha value is -3.77. The van der Waals surface area contributed by atoms with E-state index in [-0.39, 0.29) is 23.4 Å². The number of morpholine rings is 1. The Labute approximate surface area is 236 Å². The van der Waals surface area contributed by atoms with Gasteiger partial charge in [-0.2, -0.15) is 0 Å². The lowest BCUT2D eigenvalue weighted by atomic mass is 9.96. The van der Waals surface area contributed by atoms with Crippen molar-refractivity contribution in [3.63, 3.8) is 0 Å². The highest BCUT2D eigenvalue weighted by Gasteiger charge is 2.32. The van der Waals surface area contributed by atoms with Crippen LogP contribution in [0.3, 0.4) is 0 Å². The van der Waals surface area contributed by atoms with Crippen LogP contribution in [-0.2, 0) is 14.3 Å². The summed E-state index contributed by atoms with van der Waals surface area (Å²) in [6.45, 7) is 7.91. The minimum Gasteiger partial charge on any atom is -0.375 e. The number of aliphatic imine (C=N–C) groups is 1. The van der Waals surface area contributed by atoms with E-state index in [1.807, 2.05) is 31.9 Å². The molecule has 41 heavy (non-hydrogen) atoms. The fraction of sp³-hybridized carbons (Fsp3) is 0.448. The minimum atomic E-state index is -3.01. The van der Waals surface area contributed by atoms with Crippen LogP contribution in [-0.4, -0.2) is 92.9 Å². The fourth-order valence-electron chi connectivity index (χ4n) is 5.30. The predicted molar refractivity (Wildman–Crippen MR) is 151 cm³/mol. The van der Waals surface area contributed by atoms with Crippen LogP contribution in [0.1, 0.15) is 13.8 Å². The standard InChI is InChI=1S/C29H33F3N6O3/c1-17-15-37(7-6-36(17)3)25-12-23(30)20(19-4-5-26(33-13-19)38-8-9-41-18(2)16-38)10-24(25)35-29(40)22-14-34-27(39)11-21(22)28(31)32/h4-5,10-14,17-18,22,28H,6-9,15-16H2,1-3H3,(H,35,40)/t17-,18-,22?/m0/s1. The molecule has 0 aliphatic carbocycles. The number of anilines is 3. The Morgan fingerprint density at radius 3 is 2.61 bits per heavy atom. The van der Waals surface area contributed by atoms with Crippen molar-refractivity contribution in [2.45, 2.75) is 32.4 Å². The van der Waals surface area contributed by atoms with E-state index < -0.39 is 35.5 Å². The smallest absolute Gasteiger partial charge is 0.269 e. The molecule has 2 saturated heterocycles. The lowest BCUT2D eigenvalue weighted by Crippen LogP contribution is -2.50. The van der Waals surface area contributed by atoms with Gasteiger partial charge in [0.25, 0.3) is 12.3 Å². The number of nitrogens with zero attached hydrogens (tertiary/aromatic N) is 5. The molecule has 12 heteroatoms. The first-order valence-electron chi connectivity index (χ1n) is 13.6. The molecule has 2 amide bonds. The number of hydrogen-bond donors (Lipinski definition) is 1. The molecule has 9 nitrogen and oxygen atoms in total. The minimum absolute atomic E-state index is 0.0754. The van der Waals surface area contributed by atoms with Crippen molar-refractivity contribution in [3.8, 4) is 11.1 Å². The van der Waals surface area contributed by atoms with Crippen molar-refractivity contribution in [2.24, 2.45) is 10.9 Å². The van der Waals surface area contributed by atoms with Crippen LogP contribution in [0.2, 0.25) is 0 Å². The Kier molecular flexibility index (Phi) is 8.41. The topological polar surface area (TPSA) is 90.4 Å². The molecule has 4 heterocycles. The fourth-order valence-corrected chi connectivity index (χ4v) is 5.30. The van der Waals surface area contributed by atoms with Crippen molar-refractivity contribution < 1.29 is 27.5 Å². The van der Waals surface area contributed by atoms with Gasteiger partial charge in [-0.05, 0) is 45.2 Å². The van der Waals surface area contributed by atoms with E-state index in [4.69, 9.17) is 4.74 Å². The van der Waals surface area contributed by atoms with Crippen molar-refractivity contribution in [3.05, 3.63) is 47.9 Å². The predicted octanol–water partition coefficient (Wildman–Crippen LogP) is 3.61. The summed E-state index contributed by atoms with van der Waals surface area (Å²) >= 11 is 0. The van der Waals surface area contributed by atoms with Crippen molar-refractivity contribution in [2.75, 3.05) is 61.5 Å². The molecule has 3 atom stereocenters. The molecule has 3 aliphatic rings. The number of aromatic nitrogens is 1. The van der Waals surface area contributed by atoms with Crippen LogP contribution in [0.5, 0.6) is 0 Å². The third kappa shape index (κ3) is 6.28. The SMILES string of the molecule is C[C@H]1CN(c2ccc(-c3cc(NC(=O)C4C=NC(=O)C=C4C(F)F)c(N4CCN(C)[C@@H](C)C4)cc3F)cn2)CCO1. The maximum absolute atomic E-state index is 15.7. The number of piperazine rings is 1. The number of likely N-dealkylation sites (N-methyl/N-ethyl adjacent to an activating group) is 1. The monoisotopic (exact) mass is 570 g/mol. The molecule has 2 fully saturated rings. The number of amides is 2. The first-order valence-corrected chi connectivity index (χ1v) is 13.6. The van der Waals surface area contributed by atoms with Crippen LogP contribution in [0.25, 0.3) is 11.1 Å². The number of halogens is 3. The summed E-state index contributed by atoms with van der Waals surface area (Å²) in [7, 11) is 2.00. The van der Waals surface area contributed by atoms with Gasteiger partial charge in [0.1, 0.15) is 17.6 Å². The maximum atomic E-state index is 15.7. The van der Waals surface area contributed by atoms with E-state index in [1.54, 1.807) is 12.3 Å². The van der Waals surface area contributed by atoms with E-state index >= 15 is 4.39 Å². The Morgan fingerprint density at radius 1 is 1.12 bits per heavy atom. The molecule has 1 N–H and O–H groups in total. The molecule has 0 bridgehead atoms. The zero-order chi connectivity index (χ0) is 29.3. The van der Waals surface area contributed by atoms with Gasteiger partial charge in [-0.1, -0.05) is 0 Å². The van der Waals surface area contributed by atoms with E-state index in [1.165, 1.54) is 12.1 Å². The highest BCUT2D eigenvalue weighted by atomic mass is 19.3. The highest BCUT2D eigenvalue weighted by molar-refractivity contribution is 6.11. The second-order valence-electron chi connectivity index (χ2n) is 10.7. The largest absolute Gasteiger partial charge is 0.375 e. The van der Waals surface area contributed by atoms with Gasteiger partial charge in [0.15, 0.2) is 0 Å². The summed E-state index contributed by atoms with van der Waals surface area (Å²) in [5, 5.41) is 2.73. The molecule has 1 aromatic heterocycles. The lowest BCUT2D eigenvalue weighted by Gasteiger charge is -2.40. The van der Waals surface area contributed by atoms with Gasteiger partial charge in [0, 0.05) is 74.0 Å². The molecular formula is C29H33F3N6O3. The number of ether oxygens (including phenoxy) is 1. The number of alkyl halides is 2. The van der Waals surface area contributed by atoms with Crippen LogP contribution < -0.4 is 15.1 Å². The van der Waals surface area contributed by atoms with Crippen molar-refractivity contribution in [1.82, 2.24) is 9.88 Å². The number of pyridine rings is 1. The number of nitrogens with one attached hydrogen (secondary N) is 1. The zero-order valence-electron chi connectivity index (χ0n) is 23.2. The summed E-state index contributed by atoms with van der Waals surface area (Å²) in [6, 6.07) is 6.62. The number of carbonyl (C=O) groups excluding carboxylic acids is 2. The number of hydrogen-bond acceptors (Lipinski definition) is 7. The second kappa shape index (κ2) is 12.0.